The molecule has 5 heteroatoms. The highest BCUT2D eigenvalue weighted by Gasteiger charge is 2.44. The van der Waals surface area contributed by atoms with Crippen molar-refractivity contribution < 1.29 is 19.4 Å². The molecule has 0 aromatic heterocycles. The van der Waals surface area contributed by atoms with Crippen LogP contribution in [0, 0.1) is 0 Å². The summed E-state index contributed by atoms with van der Waals surface area (Å²) in [6.07, 6.45) is 7.92. The quantitative estimate of drug-likeness (QED) is 0.410. The van der Waals surface area contributed by atoms with E-state index in [2.05, 4.69) is 112 Å². The molecule has 0 saturated carbocycles. The van der Waals surface area contributed by atoms with Gasteiger partial charge in [-0.2, -0.15) is 4.58 Å². The minimum Gasteiger partial charge on any atom is -0.481 e. The van der Waals surface area contributed by atoms with E-state index in [1.54, 1.807) is 4.90 Å². The maximum atomic E-state index is 11.4. The molecule has 2 aromatic rings. The number of para-hydroxylation sites is 2. The van der Waals surface area contributed by atoms with Crippen LogP contribution in [0.15, 0.2) is 72.5 Å². The van der Waals surface area contributed by atoms with Gasteiger partial charge in [0.1, 0.15) is 0 Å². The van der Waals surface area contributed by atoms with Crippen molar-refractivity contribution in [2.45, 2.75) is 65.2 Å². The molecule has 5 nitrogen and oxygen atoms in total. The number of nitrogens with zero attached hydrogens (tertiary/aromatic N) is 2. The van der Waals surface area contributed by atoms with Crippen molar-refractivity contribution in [3.05, 3.63) is 83.6 Å². The SMILES string of the molecule is CC[NH+](CC)CCC[N+]1=C(C=CC=C2N(CCC(=O)O)c3ccccc3C2(C)C)C(C)(C)c2ccccc21. The van der Waals surface area contributed by atoms with Gasteiger partial charge in [-0.25, -0.2) is 0 Å². The average molecular weight is 516 g/mol. The van der Waals surface area contributed by atoms with Gasteiger partial charge in [0.2, 0.25) is 5.69 Å². The summed E-state index contributed by atoms with van der Waals surface area (Å²) in [5.41, 5.74) is 7.20. The van der Waals surface area contributed by atoms with E-state index in [1.807, 2.05) is 6.07 Å². The molecule has 0 saturated heterocycles. The van der Waals surface area contributed by atoms with Gasteiger partial charge in [-0.15, -0.1) is 0 Å². The molecule has 0 bridgehead atoms. The first-order valence-corrected chi connectivity index (χ1v) is 14.2. The molecule has 2 aromatic carbocycles. The molecule has 2 aliphatic rings. The lowest BCUT2D eigenvalue weighted by molar-refractivity contribution is -0.897. The van der Waals surface area contributed by atoms with E-state index in [9.17, 15) is 9.90 Å². The van der Waals surface area contributed by atoms with Crippen molar-refractivity contribution in [3.63, 3.8) is 0 Å². The second-order valence-corrected chi connectivity index (χ2v) is 11.6. The summed E-state index contributed by atoms with van der Waals surface area (Å²) in [4.78, 5) is 15.3. The summed E-state index contributed by atoms with van der Waals surface area (Å²) >= 11 is 0. The number of anilines is 1. The average Bonchev–Trinajstić information content (AvgIpc) is 3.24. The number of carboxylic acids is 1. The van der Waals surface area contributed by atoms with Gasteiger partial charge in [-0.05, 0) is 45.4 Å². The van der Waals surface area contributed by atoms with E-state index in [1.165, 1.54) is 42.2 Å². The summed E-state index contributed by atoms with van der Waals surface area (Å²) in [7, 11) is 0. The molecule has 0 aliphatic carbocycles. The number of allylic oxidation sites excluding steroid dienone is 4. The highest BCUT2D eigenvalue weighted by molar-refractivity contribution is 6.03. The fourth-order valence-corrected chi connectivity index (χ4v) is 6.29. The molecule has 0 radical (unpaired) electrons. The fourth-order valence-electron chi connectivity index (χ4n) is 6.29. The van der Waals surface area contributed by atoms with E-state index in [0.29, 0.717) is 6.54 Å². The van der Waals surface area contributed by atoms with Crippen LogP contribution >= 0.6 is 0 Å². The highest BCUT2D eigenvalue weighted by atomic mass is 16.4. The first-order chi connectivity index (χ1) is 18.1. The van der Waals surface area contributed by atoms with Crippen LogP contribution in [0.4, 0.5) is 11.4 Å². The van der Waals surface area contributed by atoms with Gasteiger partial charge in [0, 0.05) is 41.1 Å². The van der Waals surface area contributed by atoms with Crippen LogP contribution in [0.5, 0.6) is 0 Å². The zero-order valence-electron chi connectivity index (χ0n) is 24.1. The molecule has 0 amide bonds. The molecule has 2 N–H and O–H groups in total. The van der Waals surface area contributed by atoms with E-state index >= 15 is 0 Å². The fraction of sp³-hybridized carbons (Fsp3) is 0.455. The second kappa shape index (κ2) is 11.3. The third-order valence-electron chi connectivity index (χ3n) is 8.57. The van der Waals surface area contributed by atoms with Crippen molar-refractivity contribution in [2.75, 3.05) is 37.6 Å². The van der Waals surface area contributed by atoms with Crippen molar-refractivity contribution in [1.82, 2.24) is 0 Å². The Hall–Kier alpha value is -3.18. The molecule has 2 heterocycles. The number of fused-ring (bicyclic) bond motifs is 2. The number of hydrogen-bond donors (Lipinski definition) is 2. The third kappa shape index (κ3) is 5.22. The Labute approximate surface area is 228 Å². The number of benzene rings is 2. The van der Waals surface area contributed by atoms with Crippen LogP contribution in [-0.4, -0.2) is 54.1 Å². The minimum absolute atomic E-state index is 0.0925. The normalized spacial score (nSPS) is 18.6. The number of quaternary nitrogens is 1. The Bertz CT molecular complexity index is 1260. The summed E-state index contributed by atoms with van der Waals surface area (Å²) in [6.45, 7) is 18.6. The zero-order valence-corrected chi connectivity index (χ0v) is 24.1. The highest BCUT2D eigenvalue weighted by Crippen LogP contribution is 2.47. The van der Waals surface area contributed by atoms with Crippen LogP contribution in [0.1, 0.15) is 65.5 Å². The summed E-state index contributed by atoms with van der Waals surface area (Å²) in [6, 6.07) is 17.2. The Morgan fingerprint density at radius 1 is 0.974 bits per heavy atom. The monoisotopic (exact) mass is 515 g/mol. The molecular weight excluding hydrogens is 470 g/mol. The van der Waals surface area contributed by atoms with Gasteiger partial charge in [-0.3, -0.25) is 4.79 Å². The van der Waals surface area contributed by atoms with Gasteiger partial charge >= 0.3 is 5.97 Å². The Morgan fingerprint density at radius 2 is 1.63 bits per heavy atom. The summed E-state index contributed by atoms with van der Waals surface area (Å²) < 4.78 is 2.52. The second-order valence-electron chi connectivity index (χ2n) is 11.6. The zero-order chi connectivity index (χ0) is 27.5. The van der Waals surface area contributed by atoms with Gasteiger partial charge < -0.3 is 14.9 Å². The number of hydrogen-bond acceptors (Lipinski definition) is 2. The predicted molar refractivity (Wildman–Crippen MR) is 157 cm³/mol. The molecule has 0 unspecified atom stereocenters. The topological polar surface area (TPSA) is 48.0 Å². The summed E-state index contributed by atoms with van der Waals surface area (Å²) in [5.74, 6) is -0.773. The molecule has 0 atom stereocenters. The standard InChI is InChI=1S/C33H43N3O2/c1-7-34(8-2)22-14-23-35-27-17-11-9-15-25(27)32(3,4)29(35)19-13-20-30-33(5,6)26-16-10-12-18-28(26)36(30)24-21-31(37)38/h9-13,15-20H,7-8,14,21-24H2,1-6H3/p+2. The van der Waals surface area contributed by atoms with Crippen molar-refractivity contribution >= 4 is 23.1 Å². The Morgan fingerprint density at radius 3 is 2.32 bits per heavy atom. The number of aliphatic carboxylic acids is 1. The van der Waals surface area contributed by atoms with Crippen molar-refractivity contribution in [2.24, 2.45) is 0 Å². The number of nitrogens with one attached hydrogen (secondary N) is 1. The summed E-state index contributed by atoms with van der Waals surface area (Å²) in [5, 5.41) is 9.40. The lowest BCUT2D eigenvalue weighted by Gasteiger charge is -2.26. The van der Waals surface area contributed by atoms with Crippen molar-refractivity contribution in [1.29, 1.82) is 0 Å². The first kappa shape index (κ1) is 27.8. The molecule has 0 fully saturated rings. The number of carboxylic acid groups (broad SMARTS) is 1. The van der Waals surface area contributed by atoms with Gasteiger partial charge in [-0.1, -0.05) is 56.3 Å². The maximum Gasteiger partial charge on any atom is 0.305 e. The molecule has 0 spiro atoms. The van der Waals surface area contributed by atoms with Gasteiger partial charge in [0.25, 0.3) is 0 Å². The van der Waals surface area contributed by atoms with Crippen LogP contribution in [0.25, 0.3) is 0 Å². The molecule has 38 heavy (non-hydrogen) atoms. The smallest absolute Gasteiger partial charge is 0.305 e. The van der Waals surface area contributed by atoms with E-state index in [0.717, 1.165) is 24.4 Å². The molecule has 2 aliphatic heterocycles. The van der Waals surface area contributed by atoms with Gasteiger partial charge in [0.15, 0.2) is 12.3 Å². The van der Waals surface area contributed by atoms with E-state index in [-0.39, 0.29) is 17.3 Å². The molecular formula is C33H45N3O2+2. The van der Waals surface area contributed by atoms with Crippen LogP contribution in [0.2, 0.25) is 0 Å². The van der Waals surface area contributed by atoms with Gasteiger partial charge in [0.05, 0.1) is 37.9 Å². The molecule has 4 rings (SSSR count). The first-order valence-electron chi connectivity index (χ1n) is 14.2. The lowest BCUT2D eigenvalue weighted by atomic mass is 9.81. The Kier molecular flexibility index (Phi) is 8.27. The largest absolute Gasteiger partial charge is 0.481 e. The molecule has 202 valence electrons. The van der Waals surface area contributed by atoms with Crippen molar-refractivity contribution in [3.8, 4) is 0 Å². The van der Waals surface area contributed by atoms with Crippen LogP contribution < -0.4 is 9.80 Å². The lowest BCUT2D eigenvalue weighted by Crippen LogP contribution is -3.11. The Balaban J connectivity index is 1.69. The predicted octanol–water partition coefficient (Wildman–Crippen LogP) is 5.09. The third-order valence-corrected chi connectivity index (χ3v) is 8.57. The maximum absolute atomic E-state index is 11.4. The van der Waals surface area contributed by atoms with E-state index in [4.69, 9.17) is 0 Å². The van der Waals surface area contributed by atoms with Crippen LogP contribution in [0.3, 0.4) is 0 Å². The number of rotatable bonds is 11. The number of carbonyl (C=O) groups is 1. The van der Waals surface area contributed by atoms with E-state index < -0.39 is 5.97 Å². The van der Waals surface area contributed by atoms with Crippen LogP contribution in [-0.2, 0) is 15.6 Å². The minimum atomic E-state index is -0.773.